The zero-order valence-electron chi connectivity index (χ0n) is 3.10. The largest absolute Gasteiger partial charge is 0.349 e. The molecule has 24 valence electrons. The van der Waals surface area contributed by atoms with E-state index in [0.717, 1.165) is 6.26 Å². The maximum absolute atomic E-state index is 5.81. The van der Waals surface area contributed by atoms with Crippen molar-refractivity contribution < 1.29 is 10.1 Å². The minimum Gasteiger partial charge on any atom is -0.349 e. The van der Waals surface area contributed by atoms with E-state index in [1.165, 1.54) is 0 Å². The first-order chi connectivity index (χ1) is 2.41. The van der Waals surface area contributed by atoms with Crippen LogP contribution in [0.1, 0.15) is 0 Å². The van der Waals surface area contributed by atoms with E-state index in [-0.39, 0.29) is 0 Å². The van der Waals surface area contributed by atoms with Crippen molar-refractivity contribution in [2.24, 2.45) is 0 Å². The second-order valence-electron chi connectivity index (χ2n) is 0.263. The van der Waals surface area contributed by atoms with E-state index in [1.54, 1.807) is 0 Å². The highest BCUT2D eigenvalue weighted by molar-refractivity contribution is 4.40. The molecule has 0 fully saturated rings. The molecule has 0 aliphatic carbocycles. The van der Waals surface area contributed by atoms with Gasteiger partial charge in [0, 0.05) is 0 Å². The molecule has 0 saturated heterocycles. The lowest BCUT2D eigenvalue weighted by atomic mass is 11.2. The van der Waals surface area contributed by atoms with Crippen molar-refractivity contribution in [3.05, 3.63) is 12.8 Å². The van der Waals surface area contributed by atoms with Crippen LogP contribution in [0.25, 0.3) is 1.43 Å². The molecule has 2 heteroatoms. The Bertz CT molecular complexity index is 28.8. The Morgan fingerprint density at radius 3 is 3.25 bits per heavy atom. The summed E-state index contributed by atoms with van der Waals surface area (Å²) in [5.74, 6) is 0. The van der Waals surface area contributed by atoms with Gasteiger partial charge in [-0.3, -0.25) is 0 Å². The van der Waals surface area contributed by atoms with Gasteiger partial charge < -0.3 is 4.89 Å². The summed E-state index contributed by atoms with van der Waals surface area (Å²) >= 11 is 0. The molecule has 0 saturated carbocycles. The highest BCUT2D eigenvalue weighted by Crippen LogP contribution is 1.51. The minimum atomic E-state index is 1.02. The van der Waals surface area contributed by atoms with Crippen molar-refractivity contribution >= 4 is 0 Å². The number of rotatable bonds is 2. The minimum absolute atomic E-state index is 1.02. The summed E-state index contributed by atoms with van der Waals surface area (Å²) in [4.78, 5) is 3.76. The zero-order chi connectivity index (χ0) is 4.12. The molecule has 0 rings (SSSR count). The average Bonchev–Trinajstić information content (AvgIpc) is 1.41. The van der Waals surface area contributed by atoms with Crippen LogP contribution < -0.4 is 0 Å². The van der Waals surface area contributed by atoms with E-state index in [9.17, 15) is 0 Å². The Morgan fingerprint density at radius 1 is 2.50 bits per heavy atom. The monoisotopic (exact) mass is 61.0 g/mol. The summed E-state index contributed by atoms with van der Waals surface area (Å²) in [6, 6.07) is 0. The van der Waals surface area contributed by atoms with Crippen LogP contribution in [0, 0.1) is 0 Å². The van der Waals surface area contributed by atoms with Gasteiger partial charge in [-0.05, 0) is 0 Å². The predicted molar refractivity (Wildman–Crippen MR) is 13.9 cm³/mol. The molecule has 0 aromatic rings. The van der Waals surface area contributed by atoms with E-state index in [4.69, 9.17) is 1.43 Å². The van der Waals surface area contributed by atoms with Crippen LogP contribution in [-0.4, -0.2) is 5.26 Å². The fourth-order valence-electron chi connectivity index (χ4n) is 0. The van der Waals surface area contributed by atoms with Crippen molar-refractivity contribution in [2.45, 2.75) is 0 Å². The lowest BCUT2D eigenvalue weighted by molar-refractivity contribution is -0.186. The van der Waals surface area contributed by atoms with Crippen molar-refractivity contribution in [3.63, 3.8) is 0 Å². The zero-order valence-corrected chi connectivity index (χ0v) is 2.10. The highest BCUT2D eigenvalue weighted by atomic mass is 17.1. The molecule has 0 spiro atoms. The van der Waals surface area contributed by atoms with E-state index in [1.807, 2.05) is 0 Å². The number of hydrogen-bond donors (Lipinski definition) is 1. The summed E-state index contributed by atoms with van der Waals surface area (Å²) in [7, 11) is 0. The van der Waals surface area contributed by atoms with Crippen molar-refractivity contribution in [1.82, 2.24) is 0 Å². The van der Waals surface area contributed by atoms with Gasteiger partial charge in [0.25, 0.3) is 1.43 Å². The fraction of sp³-hybridized carbons (Fsp3) is 0. The maximum Gasteiger partial charge on any atom is 0.270 e. The van der Waals surface area contributed by atoms with Gasteiger partial charge in [0.15, 0.2) is 0 Å². The van der Waals surface area contributed by atoms with Crippen LogP contribution in [0.15, 0.2) is 12.8 Å². The molecular weight excluding hydrogens is 56.0 g/mol. The summed E-state index contributed by atoms with van der Waals surface area (Å²) < 4.78 is 5.81. The van der Waals surface area contributed by atoms with Gasteiger partial charge >= 0.3 is 0 Å². The topological polar surface area (TPSA) is 29.5 Å². The van der Waals surface area contributed by atoms with E-state index in [0.29, 0.717) is 0 Å². The Labute approximate surface area is 25.7 Å². The molecule has 4 heavy (non-hydrogen) atoms. The smallest absolute Gasteiger partial charge is 0.270 e. The first kappa shape index (κ1) is 1.79. The molecule has 0 atom stereocenters. The molecule has 0 aliphatic heterocycles. The lowest BCUT2D eigenvalue weighted by Gasteiger charge is -1.69. The molecule has 0 bridgehead atoms. The molecule has 0 aromatic heterocycles. The van der Waals surface area contributed by atoms with Crippen LogP contribution in [0.4, 0.5) is 0 Å². The summed E-state index contributed by atoms with van der Waals surface area (Å²) in [5, 5.41) is 3.32. The van der Waals surface area contributed by atoms with Gasteiger partial charge in [0.1, 0.15) is 6.26 Å². The van der Waals surface area contributed by atoms with Crippen molar-refractivity contribution in [3.8, 4) is 0 Å². The van der Waals surface area contributed by atoms with E-state index < -0.39 is 0 Å². The Kier molecular flexibility index (Phi) is 1.12. The van der Waals surface area contributed by atoms with Crippen LogP contribution in [0.5, 0.6) is 0 Å². The molecule has 2 nitrogen and oxygen atoms in total. The summed E-state index contributed by atoms with van der Waals surface area (Å²) in [6.45, 7) is 3.08. The molecule has 0 radical (unpaired) electrons. The van der Waals surface area contributed by atoms with E-state index in [2.05, 4.69) is 16.7 Å². The Balaban J connectivity index is 2.40. The van der Waals surface area contributed by atoms with Gasteiger partial charge in [0.05, 0.1) is 0 Å². The second kappa shape index (κ2) is 2.50. The quantitative estimate of drug-likeness (QED) is 0.288. The second-order valence-corrected chi connectivity index (χ2v) is 0.263. The third-order valence-electron chi connectivity index (χ3n) is 0.0680. The molecule has 0 aromatic carbocycles. The normalized spacial score (nSPS) is 8.50. The van der Waals surface area contributed by atoms with Gasteiger partial charge in [-0.15, -0.1) is 0 Å². The van der Waals surface area contributed by atoms with E-state index >= 15 is 0 Å². The predicted octanol–water partition coefficient (Wildman–Crippen LogP) is 0.619. The number of hydrogen-bond acceptors (Lipinski definition) is 2. The molecule has 0 amide bonds. The van der Waals surface area contributed by atoms with Gasteiger partial charge in [0.2, 0.25) is 0 Å². The van der Waals surface area contributed by atoms with Gasteiger partial charge in [-0.25, -0.2) is 5.26 Å². The molecule has 0 unspecified atom stereocenters. The third kappa shape index (κ3) is 1.50. The SMILES string of the molecule is [2H]OOC=C. The van der Waals surface area contributed by atoms with Crippen LogP contribution in [0.2, 0.25) is 0 Å². The van der Waals surface area contributed by atoms with Crippen LogP contribution in [0.3, 0.4) is 0 Å². The summed E-state index contributed by atoms with van der Waals surface area (Å²) in [6.07, 6.45) is 1.02. The standard InChI is InChI=1S/C2H4O2/c1-2-4-3/h2-3H,1H2/i/hD. The average molecular weight is 61.1 g/mol. The third-order valence-corrected chi connectivity index (χ3v) is 0.0680. The first-order valence-electron chi connectivity index (χ1n) is 1.22. The van der Waals surface area contributed by atoms with Crippen LogP contribution in [-0.2, 0) is 4.89 Å². The lowest BCUT2D eigenvalue weighted by Crippen LogP contribution is -1.56. The molecule has 0 heterocycles. The highest BCUT2D eigenvalue weighted by Gasteiger charge is 1.38. The molecular formula is C2H4O2. The first-order valence-corrected chi connectivity index (χ1v) is 0.811. The Morgan fingerprint density at radius 2 is 3.25 bits per heavy atom. The van der Waals surface area contributed by atoms with Crippen LogP contribution >= 0.6 is 0 Å². The fourth-order valence-corrected chi connectivity index (χ4v) is 0. The summed E-state index contributed by atoms with van der Waals surface area (Å²) in [5.41, 5.74) is 0. The van der Waals surface area contributed by atoms with Gasteiger partial charge in [-0.2, -0.15) is 0 Å². The van der Waals surface area contributed by atoms with Crippen molar-refractivity contribution in [1.29, 1.82) is 1.43 Å². The molecule has 0 aliphatic rings. The Hall–Kier alpha value is -0.500. The maximum atomic E-state index is 5.81. The molecule has 1 N–H and O–H groups in total. The van der Waals surface area contributed by atoms with Crippen molar-refractivity contribution in [2.75, 3.05) is 0 Å². The van der Waals surface area contributed by atoms with Gasteiger partial charge in [-0.1, -0.05) is 6.58 Å².